The number of alkyl halides is 6. The van der Waals surface area contributed by atoms with Gasteiger partial charge in [-0.25, -0.2) is 13.2 Å². The van der Waals surface area contributed by atoms with E-state index in [1.807, 2.05) is 12.1 Å². The van der Waals surface area contributed by atoms with Gasteiger partial charge in [0, 0.05) is 42.3 Å². The highest BCUT2D eigenvalue weighted by molar-refractivity contribution is 7.91. The second-order valence-corrected chi connectivity index (χ2v) is 13.6. The van der Waals surface area contributed by atoms with Crippen molar-refractivity contribution in [3.8, 4) is 0 Å². The highest BCUT2D eigenvalue weighted by Gasteiger charge is 2.44. The summed E-state index contributed by atoms with van der Waals surface area (Å²) in [5.41, 5.74) is -0.271. The fourth-order valence-electron chi connectivity index (χ4n) is 5.90. The highest BCUT2D eigenvalue weighted by Crippen LogP contribution is 2.35. The standard InChI is InChI=1S/C30H31F3N4O4S.C2HF3O2/c31-30(32,33)22-6-4-5-20(17-22)28(38)36-26-13-16-37(29(26)39)27-10-9-24(35-23-11-14-34-15-12-23)18-21(27)19-42(40,41)25-7-2-1-3-8-25;3-2(4,5)1(6)7/h1-8,11-12,14-15,17,21,24,26-27H,9-10,13,16,18-19H2,(H,34,35)(H,36,38);(H,6,7)/t21-,24+,26?,27-;/m0./s1. The number of nitrogens with zero attached hydrogens (tertiary/aromatic N) is 2. The quantitative estimate of drug-likeness (QED) is 0.271. The van der Waals surface area contributed by atoms with E-state index < -0.39 is 45.7 Å². The predicted molar refractivity (Wildman–Crippen MR) is 164 cm³/mol. The van der Waals surface area contributed by atoms with Crippen LogP contribution in [0.15, 0.2) is 84.0 Å². The number of amides is 2. The Morgan fingerprint density at radius 1 is 0.918 bits per heavy atom. The van der Waals surface area contributed by atoms with E-state index in [0.717, 1.165) is 23.9 Å². The minimum atomic E-state index is -5.08. The molecule has 3 N–H and O–H groups in total. The molecule has 4 atom stereocenters. The van der Waals surface area contributed by atoms with Gasteiger partial charge >= 0.3 is 18.3 Å². The van der Waals surface area contributed by atoms with Gasteiger partial charge in [-0.15, -0.1) is 0 Å². The molecule has 2 aliphatic rings. The number of carboxylic acids is 1. The number of hydrogen-bond donors (Lipinski definition) is 3. The first-order valence-corrected chi connectivity index (χ1v) is 16.6. The van der Waals surface area contributed by atoms with Crippen molar-refractivity contribution in [3.05, 3.63) is 90.3 Å². The van der Waals surface area contributed by atoms with Crippen molar-refractivity contribution in [2.24, 2.45) is 5.92 Å². The second kappa shape index (κ2) is 15.3. The zero-order chi connectivity index (χ0) is 36.0. The molecule has 3 aromatic rings. The third-order valence-corrected chi connectivity index (χ3v) is 10.0. The average molecular weight is 715 g/mol. The number of carbonyl (C=O) groups is 3. The minimum absolute atomic E-state index is 0.0197. The number of hydrogen-bond acceptors (Lipinski definition) is 7. The van der Waals surface area contributed by atoms with Gasteiger partial charge < -0.3 is 20.6 Å². The summed E-state index contributed by atoms with van der Waals surface area (Å²) in [6, 6.07) is 14.6. The van der Waals surface area contributed by atoms with E-state index in [4.69, 9.17) is 9.90 Å². The van der Waals surface area contributed by atoms with Gasteiger partial charge in [-0.05, 0) is 74.1 Å². The maximum absolute atomic E-state index is 13.5. The Morgan fingerprint density at radius 2 is 1.57 bits per heavy atom. The van der Waals surface area contributed by atoms with E-state index >= 15 is 0 Å². The van der Waals surface area contributed by atoms with Crippen LogP contribution >= 0.6 is 0 Å². The first-order chi connectivity index (χ1) is 23.0. The topological polar surface area (TPSA) is 146 Å². The monoisotopic (exact) mass is 714 g/mol. The molecule has 1 aliphatic heterocycles. The number of rotatable bonds is 8. The summed E-state index contributed by atoms with van der Waals surface area (Å²) in [5.74, 6) is -4.42. The summed E-state index contributed by atoms with van der Waals surface area (Å²) < 4.78 is 97.9. The van der Waals surface area contributed by atoms with Gasteiger partial charge in [-0.2, -0.15) is 26.3 Å². The predicted octanol–water partition coefficient (Wildman–Crippen LogP) is 5.19. The zero-order valence-electron chi connectivity index (χ0n) is 25.6. The van der Waals surface area contributed by atoms with Gasteiger partial charge in [0.15, 0.2) is 9.84 Å². The summed E-state index contributed by atoms with van der Waals surface area (Å²) in [6.07, 6.45) is -4.32. The number of aromatic nitrogens is 1. The number of nitrogens with one attached hydrogen (secondary N) is 2. The summed E-state index contributed by atoms with van der Waals surface area (Å²) in [7, 11) is -3.66. The van der Waals surface area contributed by atoms with E-state index in [-0.39, 0.29) is 46.5 Å². The number of likely N-dealkylation sites (tertiary alicyclic amines) is 1. The van der Waals surface area contributed by atoms with Crippen LogP contribution in [0.5, 0.6) is 0 Å². The van der Waals surface area contributed by atoms with Gasteiger partial charge in [-0.1, -0.05) is 24.3 Å². The molecule has 0 spiro atoms. The number of aliphatic carboxylic acids is 1. The SMILES string of the molecule is O=C(NC1CCN([C@H]2CC[C@@H](Nc3ccncc3)C[C@H]2CS(=O)(=O)c2ccccc2)C1=O)c1cccc(C(F)(F)F)c1.O=C(O)C(F)(F)F. The molecule has 10 nitrogen and oxygen atoms in total. The number of halogens is 6. The molecule has 2 heterocycles. The van der Waals surface area contributed by atoms with E-state index in [2.05, 4.69) is 15.6 Å². The van der Waals surface area contributed by atoms with Gasteiger partial charge in [0.05, 0.1) is 16.2 Å². The van der Waals surface area contributed by atoms with E-state index in [1.165, 1.54) is 6.07 Å². The van der Waals surface area contributed by atoms with Gasteiger partial charge in [0.2, 0.25) is 5.91 Å². The number of carbonyl (C=O) groups excluding carboxylic acids is 2. The molecule has 1 aromatic heterocycles. The normalized spacial score (nSPS) is 21.3. The van der Waals surface area contributed by atoms with E-state index in [0.29, 0.717) is 25.8 Å². The van der Waals surface area contributed by atoms with Crippen molar-refractivity contribution >= 4 is 33.3 Å². The van der Waals surface area contributed by atoms with Crippen LogP contribution in [0.1, 0.15) is 41.6 Å². The van der Waals surface area contributed by atoms with Crippen LogP contribution in [-0.4, -0.2) is 77.8 Å². The molecular weight excluding hydrogens is 682 g/mol. The van der Waals surface area contributed by atoms with Crippen LogP contribution in [-0.2, 0) is 25.6 Å². The fraction of sp³-hybridized carbons (Fsp3) is 0.375. The Morgan fingerprint density at radius 3 is 2.18 bits per heavy atom. The smallest absolute Gasteiger partial charge is 0.475 e. The Hall–Kier alpha value is -4.67. The molecule has 1 unspecified atom stereocenters. The Kier molecular flexibility index (Phi) is 11.6. The lowest BCUT2D eigenvalue weighted by molar-refractivity contribution is -0.192. The molecule has 2 amide bonds. The van der Waals surface area contributed by atoms with Crippen LogP contribution in [0.25, 0.3) is 0 Å². The van der Waals surface area contributed by atoms with Crippen LogP contribution in [0, 0.1) is 5.92 Å². The molecule has 0 radical (unpaired) electrons. The van der Waals surface area contributed by atoms with Crippen molar-refractivity contribution in [2.75, 3.05) is 17.6 Å². The van der Waals surface area contributed by atoms with Crippen molar-refractivity contribution < 1.29 is 54.3 Å². The number of benzene rings is 2. The van der Waals surface area contributed by atoms with Crippen molar-refractivity contribution in [2.45, 2.75) is 61.1 Å². The van der Waals surface area contributed by atoms with Crippen LogP contribution in [0.2, 0.25) is 0 Å². The maximum atomic E-state index is 13.5. The summed E-state index contributed by atoms with van der Waals surface area (Å²) >= 11 is 0. The number of pyridine rings is 1. The fourth-order valence-corrected chi connectivity index (χ4v) is 7.59. The Labute approximate surface area is 277 Å². The molecule has 1 saturated heterocycles. The van der Waals surface area contributed by atoms with Gasteiger partial charge in [0.1, 0.15) is 6.04 Å². The van der Waals surface area contributed by atoms with Crippen LogP contribution in [0.4, 0.5) is 32.0 Å². The first-order valence-electron chi connectivity index (χ1n) is 15.0. The second-order valence-electron chi connectivity index (χ2n) is 11.5. The zero-order valence-corrected chi connectivity index (χ0v) is 26.4. The van der Waals surface area contributed by atoms with E-state index in [1.54, 1.807) is 47.6 Å². The molecule has 5 rings (SSSR count). The lowest BCUT2D eigenvalue weighted by Gasteiger charge is -2.41. The number of anilines is 1. The van der Waals surface area contributed by atoms with Crippen molar-refractivity contribution in [3.63, 3.8) is 0 Å². The Bertz CT molecular complexity index is 1730. The van der Waals surface area contributed by atoms with E-state index in [9.17, 15) is 44.3 Å². The average Bonchev–Trinajstić information content (AvgIpc) is 3.40. The third-order valence-electron chi connectivity index (χ3n) is 8.17. The molecule has 1 aliphatic carbocycles. The highest BCUT2D eigenvalue weighted by atomic mass is 32.2. The lowest BCUT2D eigenvalue weighted by Crippen LogP contribution is -2.51. The molecule has 49 heavy (non-hydrogen) atoms. The Balaban J connectivity index is 0.000000698. The third kappa shape index (κ3) is 9.93. The van der Waals surface area contributed by atoms with Gasteiger partial charge in [-0.3, -0.25) is 14.6 Å². The number of sulfone groups is 1. The minimum Gasteiger partial charge on any atom is -0.475 e. The van der Waals surface area contributed by atoms with Crippen molar-refractivity contribution in [1.29, 1.82) is 0 Å². The van der Waals surface area contributed by atoms with Crippen LogP contribution < -0.4 is 10.6 Å². The molecule has 0 bridgehead atoms. The first kappa shape index (κ1) is 37.2. The molecule has 17 heteroatoms. The molecule has 2 aromatic carbocycles. The van der Waals surface area contributed by atoms with Gasteiger partial charge in [0.25, 0.3) is 5.91 Å². The van der Waals surface area contributed by atoms with Crippen LogP contribution in [0.3, 0.4) is 0 Å². The number of carboxylic acid groups (broad SMARTS) is 1. The molecule has 264 valence electrons. The summed E-state index contributed by atoms with van der Waals surface area (Å²) in [6.45, 7) is 0.307. The lowest BCUT2D eigenvalue weighted by atomic mass is 9.81. The summed E-state index contributed by atoms with van der Waals surface area (Å²) in [4.78, 5) is 41.1. The molecule has 2 fully saturated rings. The molecule has 1 saturated carbocycles. The largest absolute Gasteiger partial charge is 0.490 e. The maximum Gasteiger partial charge on any atom is 0.490 e. The van der Waals surface area contributed by atoms with Crippen molar-refractivity contribution in [1.82, 2.24) is 15.2 Å². The summed E-state index contributed by atoms with van der Waals surface area (Å²) in [5, 5.41) is 13.2. The molecular formula is C32H32F6N4O6S.